The maximum Gasteiger partial charge on any atom is 0.431 e. The maximum absolute atomic E-state index is 12.4. The van der Waals surface area contributed by atoms with Crippen molar-refractivity contribution in [1.82, 2.24) is 5.01 Å². The first-order valence-electron chi connectivity index (χ1n) is 8.56. The predicted octanol–water partition coefficient (Wildman–Crippen LogP) is 5.14. The van der Waals surface area contributed by atoms with Gasteiger partial charge in [0.05, 0.1) is 6.04 Å². The van der Waals surface area contributed by atoms with Crippen molar-refractivity contribution in [2.24, 2.45) is 11.0 Å². The van der Waals surface area contributed by atoms with Gasteiger partial charge in [-0.15, -0.1) is 6.58 Å². The van der Waals surface area contributed by atoms with E-state index in [1.54, 1.807) is 6.08 Å². The number of ether oxygens (including phenoxy) is 1. The van der Waals surface area contributed by atoms with Crippen LogP contribution in [-0.2, 0) is 4.74 Å². The minimum absolute atomic E-state index is 0.111. The van der Waals surface area contributed by atoms with Gasteiger partial charge in [0.15, 0.2) is 0 Å². The number of hydrogen-bond donors (Lipinski definition) is 0. The number of carbonyl (C=O) groups excluding carboxylic acids is 1. The smallest absolute Gasteiger partial charge is 0.431 e. The van der Waals surface area contributed by atoms with Gasteiger partial charge in [0.25, 0.3) is 0 Å². The molecule has 1 aliphatic carbocycles. The first kappa shape index (κ1) is 18.7. The van der Waals surface area contributed by atoms with E-state index < -0.39 is 11.7 Å². The third kappa shape index (κ3) is 6.63. The fourth-order valence-corrected chi connectivity index (χ4v) is 2.66. The lowest BCUT2D eigenvalue weighted by molar-refractivity contribution is 0.0198. The average Bonchev–Trinajstić information content (AvgIpc) is 2.45. The molecule has 1 saturated carbocycles. The second kappa shape index (κ2) is 8.96. The molecule has 4 nitrogen and oxygen atoms in total. The molecule has 1 atom stereocenters. The summed E-state index contributed by atoms with van der Waals surface area (Å²) in [7, 11) is 0. The molecule has 4 heteroatoms. The lowest BCUT2D eigenvalue weighted by Gasteiger charge is -2.29. The van der Waals surface area contributed by atoms with Crippen LogP contribution in [0.5, 0.6) is 0 Å². The van der Waals surface area contributed by atoms with E-state index in [9.17, 15) is 4.79 Å². The third-order valence-corrected chi connectivity index (χ3v) is 3.80. The molecule has 1 unspecified atom stereocenters. The van der Waals surface area contributed by atoms with Crippen LogP contribution in [0.15, 0.2) is 17.8 Å². The maximum atomic E-state index is 12.4. The highest BCUT2D eigenvalue weighted by Crippen LogP contribution is 2.23. The molecule has 0 aromatic carbocycles. The van der Waals surface area contributed by atoms with Crippen LogP contribution in [0, 0.1) is 5.92 Å². The van der Waals surface area contributed by atoms with E-state index in [-0.39, 0.29) is 6.04 Å². The van der Waals surface area contributed by atoms with Crippen LogP contribution in [0.3, 0.4) is 0 Å². The molecule has 1 fully saturated rings. The zero-order valence-corrected chi connectivity index (χ0v) is 14.7. The Balaban J connectivity index is 2.81. The number of hydrogen-bond acceptors (Lipinski definition) is 3. The minimum atomic E-state index is -0.520. The Morgan fingerprint density at radius 2 is 2.00 bits per heavy atom. The number of nitrogens with zero attached hydrogens (tertiary/aromatic N) is 2. The molecular formula is C18H32N2O2. The lowest BCUT2D eigenvalue weighted by atomic mass is 9.90. The molecule has 126 valence electrons. The number of carbonyl (C=O) groups is 1. The quantitative estimate of drug-likeness (QED) is 0.387. The van der Waals surface area contributed by atoms with Crippen molar-refractivity contribution in [1.29, 1.82) is 0 Å². The first-order valence-corrected chi connectivity index (χ1v) is 8.56. The van der Waals surface area contributed by atoms with E-state index in [1.807, 2.05) is 27.0 Å². The Morgan fingerprint density at radius 3 is 2.50 bits per heavy atom. The molecule has 0 aromatic rings. The van der Waals surface area contributed by atoms with E-state index in [0.29, 0.717) is 5.92 Å². The molecule has 0 saturated heterocycles. The third-order valence-electron chi connectivity index (χ3n) is 3.80. The zero-order valence-electron chi connectivity index (χ0n) is 14.7. The van der Waals surface area contributed by atoms with Gasteiger partial charge in [0, 0.05) is 6.21 Å². The highest BCUT2D eigenvalue weighted by molar-refractivity contribution is 5.71. The summed E-state index contributed by atoms with van der Waals surface area (Å²) in [5, 5.41) is 5.95. The Morgan fingerprint density at radius 1 is 1.36 bits per heavy atom. The Labute approximate surface area is 135 Å². The van der Waals surface area contributed by atoms with Gasteiger partial charge in [-0.2, -0.15) is 10.1 Å². The van der Waals surface area contributed by atoms with Gasteiger partial charge in [0.1, 0.15) is 5.60 Å². The molecule has 0 spiro atoms. The van der Waals surface area contributed by atoms with Crippen LogP contribution < -0.4 is 0 Å². The molecule has 1 amide bonds. The van der Waals surface area contributed by atoms with Crippen LogP contribution in [0.25, 0.3) is 0 Å². The van der Waals surface area contributed by atoms with E-state index >= 15 is 0 Å². The van der Waals surface area contributed by atoms with Crippen molar-refractivity contribution >= 4 is 12.3 Å². The minimum Gasteiger partial charge on any atom is -0.442 e. The summed E-state index contributed by atoms with van der Waals surface area (Å²) >= 11 is 0. The average molecular weight is 308 g/mol. The van der Waals surface area contributed by atoms with Crippen LogP contribution >= 0.6 is 0 Å². The van der Waals surface area contributed by atoms with Gasteiger partial charge >= 0.3 is 6.09 Å². The van der Waals surface area contributed by atoms with Crippen molar-refractivity contribution in [3.63, 3.8) is 0 Å². The fourth-order valence-electron chi connectivity index (χ4n) is 2.66. The van der Waals surface area contributed by atoms with Crippen LogP contribution in [-0.4, -0.2) is 29.0 Å². The largest absolute Gasteiger partial charge is 0.442 e. The van der Waals surface area contributed by atoms with Crippen molar-refractivity contribution in [2.75, 3.05) is 0 Å². The second-order valence-electron chi connectivity index (χ2n) is 7.08. The van der Waals surface area contributed by atoms with Crippen LogP contribution in [0.1, 0.15) is 72.6 Å². The summed E-state index contributed by atoms with van der Waals surface area (Å²) < 4.78 is 5.49. The predicted molar refractivity (Wildman–Crippen MR) is 92.0 cm³/mol. The van der Waals surface area contributed by atoms with Crippen LogP contribution in [0.2, 0.25) is 0 Å². The zero-order chi connectivity index (χ0) is 16.6. The summed E-state index contributed by atoms with van der Waals surface area (Å²) in [6.45, 7) is 11.6. The van der Waals surface area contributed by atoms with Crippen molar-refractivity contribution in [3.05, 3.63) is 12.7 Å². The highest BCUT2D eigenvalue weighted by atomic mass is 16.6. The highest BCUT2D eigenvalue weighted by Gasteiger charge is 2.26. The lowest BCUT2D eigenvalue weighted by Crippen LogP contribution is -2.39. The summed E-state index contributed by atoms with van der Waals surface area (Å²) in [5.41, 5.74) is -0.520. The second-order valence-corrected chi connectivity index (χ2v) is 7.08. The van der Waals surface area contributed by atoms with E-state index in [0.717, 1.165) is 25.7 Å². The summed E-state index contributed by atoms with van der Waals surface area (Å²) in [6, 6.07) is -0.111. The number of hydrazone groups is 1. The molecule has 0 bridgehead atoms. The SMILES string of the molecule is C=CC(CCC)N(/N=C/C1CCCCC1)C(=O)OC(C)(C)C. The van der Waals surface area contributed by atoms with Crippen molar-refractivity contribution in [2.45, 2.75) is 84.3 Å². The van der Waals surface area contributed by atoms with Gasteiger partial charge in [-0.1, -0.05) is 38.7 Å². The molecular weight excluding hydrogens is 276 g/mol. The van der Waals surface area contributed by atoms with Gasteiger partial charge in [-0.3, -0.25) is 0 Å². The van der Waals surface area contributed by atoms with E-state index in [2.05, 4.69) is 18.6 Å². The van der Waals surface area contributed by atoms with Gasteiger partial charge in [-0.25, -0.2) is 4.79 Å². The molecule has 1 rings (SSSR count). The molecule has 0 aliphatic heterocycles. The van der Waals surface area contributed by atoms with Crippen molar-refractivity contribution in [3.8, 4) is 0 Å². The summed E-state index contributed by atoms with van der Waals surface area (Å²) in [4.78, 5) is 12.4. The topological polar surface area (TPSA) is 41.9 Å². The molecule has 0 heterocycles. The summed E-state index contributed by atoms with van der Waals surface area (Å²) in [6.07, 6.45) is 11.3. The van der Waals surface area contributed by atoms with Crippen molar-refractivity contribution < 1.29 is 9.53 Å². The number of rotatable bonds is 6. The Hall–Kier alpha value is -1.32. The number of amides is 1. The molecule has 0 N–H and O–H groups in total. The summed E-state index contributed by atoms with van der Waals surface area (Å²) in [5.74, 6) is 0.478. The van der Waals surface area contributed by atoms with E-state index in [4.69, 9.17) is 4.74 Å². The monoisotopic (exact) mass is 308 g/mol. The van der Waals surface area contributed by atoms with Gasteiger partial charge < -0.3 is 4.74 Å². The first-order chi connectivity index (χ1) is 10.4. The normalized spacial score (nSPS) is 18.2. The Bertz CT molecular complexity index is 379. The van der Waals surface area contributed by atoms with Gasteiger partial charge in [0.2, 0.25) is 0 Å². The standard InChI is InChI=1S/C18H32N2O2/c1-6-11-16(7-2)20(17(21)22-18(3,4)5)19-14-15-12-9-8-10-13-15/h7,14-16H,2,6,8-13H2,1,3-5H3/b19-14+. The van der Waals surface area contributed by atoms with E-state index in [1.165, 1.54) is 24.3 Å². The molecule has 0 radical (unpaired) electrons. The fraction of sp³-hybridized carbons (Fsp3) is 0.778. The molecule has 1 aliphatic rings. The van der Waals surface area contributed by atoms with Crippen LogP contribution in [0.4, 0.5) is 4.79 Å². The molecule has 22 heavy (non-hydrogen) atoms. The molecule has 0 aromatic heterocycles. The van der Waals surface area contributed by atoms with Gasteiger partial charge in [-0.05, 0) is 46.0 Å². The Kier molecular flexibility index (Phi) is 7.63.